The Morgan fingerprint density at radius 2 is 2.05 bits per heavy atom. The maximum absolute atomic E-state index is 11.9. The molecule has 22 heavy (non-hydrogen) atoms. The Bertz CT molecular complexity index is 652. The quantitative estimate of drug-likeness (QED) is 0.826. The third kappa shape index (κ3) is 4.31. The second-order valence-corrected chi connectivity index (χ2v) is 6.29. The smallest absolute Gasteiger partial charge is 0.244 e. The van der Waals surface area contributed by atoms with Crippen molar-refractivity contribution in [3.8, 4) is 0 Å². The molecular formula is C17H20BrN3O. The molecule has 1 aromatic heterocycles. The first-order chi connectivity index (χ1) is 10.5. The fourth-order valence-corrected chi connectivity index (χ4v) is 2.52. The zero-order valence-corrected chi connectivity index (χ0v) is 14.6. The predicted molar refractivity (Wildman–Crippen MR) is 92.3 cm³/mol. The molecule has 0 aliphatic carbocycles. The van der Waals surface area contributed by atoms with Gasteiger partial charge in [-0.25, -0.2) is 0 Å². The van der Waals surface area contributed by atoms with Crippen LogP contribution in [-0.4, -0.2) is 15.7 Å². The molecule has 116 valence electrons. The van der Waals surface area contributed by atoms with E-state index in [1.54, 1.807) is 17.0 Å². The number of rotatable bonds is 5. The Hall–Kier alpha value is -1.88. The minimum atomic E-state index is -0.124. The molecule has 0 spiro atoms. The summed E-state index contributed by atoms with van der Waals surface area (Å²) in [6, 6.07) is 8.23. The second kappa shape index (κ2) is 7.40. The lowest BCUT2D eigenvalue weighted by Crippen LogP contribution is -2.22. The number of amides is 1. The normalized spacial score (nSPS) is 11.3. The average molecular weight is 362 g/mol. The van der Waals surface area contributed by atoms with E-state index in [4.69, 9.17) is 0 Å². The standard InChI is InChI=1S/C17H20BrN3O/c1-12(2)14-7-4-13(5-8-14)6-9-17(22)19-11-16-15(18)10-20-21(16)3/h4-10,12H,11H2,1-3H3,(H,19,22)/b9-6+. The molecule has 1 aromatic carbocycles. The molecular weight excluding hydrogens is 342 g/mol. The van der Waals surface area contributed by atoms with Gasteiger partial charge in [0.15, 0.2) is 0 Å². The summed E-state index contributed by atoms with van der Waals surface area (Å²) in [7, 11) is 1.85. The van der Waals surface area contributed by atoms with Gasteiger partial charge in [0.1, 0.15) is 0 Å². The molecule has 0 radical (unpaired) electrons. The number of hydrogen-bond donors (Lipinski definition) is 1. The van der Waals surface area contributed by atoms with Crippen molar-refractivity contribution < 1.29 is 4.79 Å². The molecule has 0 saturated carbocycles. The molecule has 2 rings (SSSR count). The van der Waals surface area contributed by atoms with Crippen LogP contribution in [0.4, 0.5) is 0 Å². The average Bonchev–Trinajstić information content (AvgIpc) is 2.82. The molecule has 1 N–H and O–H groups in total. The Balaban J connectivity index is 1.91. The van der Waals surface area contributed by atoms with E-state index in [1.807, 2.05) is 25.3 Å². The van der Waals surface area contributed by atoms with Crippen LogP contribution in [0.3, 0.4) is 0 Å². The summed E-state index contributed by atoms with van der Waals surface area (Å²) in [6.45, 7) is 4.76. The van der Waals surface area contributed by atoms with E-state index in [1.165, 1.54) is 5.56 Å². The Morgan fingerprint density at radius 1 is 1.36 bits per heavy atom. The van der Waals surface area contributed by atoms with Gasteiger partial charge >= 0.3 is 0 Å². The monoisotopic (exact) mass is 361 g/mol. The fraction of sp³-hybridized carbons (Fsp3) is 0.294. The van der Waals surface area contributed by atoms with Gasteiger partial charge in [0.2, 0.25) is 5.91 Å². The van der Waals surface area contributed by atoms with Crippen molar-refractivity contribution in [1.82, 2.24) is 15.1 Å². The number of benzene rings is 1. The Morgan fingerprint density at radius 3 is 2.59 bits per heavy atom. The summed E-state index contributed by atoms with van der Waals surface area (Å²) in [5, 5.41) is 6.96. The van der Waals surface area contributed by atoms with Gasteiger partial charge in [0.05, 0.1) is 22.9 Å². The first-order valence-corrected chi connectivity index (χ1v) is 7.99. The molecule has 0 saturated heterocycles. The lowest BCUT2D eigenvalue weighted by molar-refractivity contribution is -0.116. The van der Waals surface area contributed by atoms with Crippen molar-refractivity contribution in [1.29, 1.82) is 0 Å². The summed E-state index contributed by atoms with van der Waals surface area (Å²) >= 11 is 3.41. The highest BCUT2D eigenvalue weighted by Gasteiger charge is 2.06. The summed E-state index contributed by atoms with van der Waals surface area (Å²) in [6.07, 6.45) is 5.08. The Kier molecular flexibility index (Phi) is 5.55. The molecule has 5 heteroatoms. The van der Waals surface area contributed by atoms with Crippen molar-refractivity contribution in [2.24, 2.45) is 7.05 Å². The fourth-order valence-electron chi connectivity index (χ4n) is 2.03. The number of halogens is 1. The topological polar surface area (TPSA) is 46.9 Å². The zero-order chi connectivity index (χ0) is 16.1. The van der Waals surface area contributed by atoms with Crippen LogP contribution in [0.1, 0.15) is 36.6 Å². The third-order valence-corrected chi connectivity index (χ3v) is 4.13. The van der Waals surface area contributed by atoms with Crippen molar-refractivity contribution >= 4 is 27.9 Å². The van der Waals surface area contributed by atoms with Gasteiger partial charge in [-0.05, 0) is 39.1 Å². The number of nitrogens with zero attached hydrogens (tertiary/aromatic N) is 2. The van der Waals surface area contributed by atoms with Crippen LogP contribution < -0.4 is 5.32 Å². The van der Waals surface area contributed by atoms with Gasteiger partial charge in [-0.3, -0.25) is 9.48 Å². The van der Waals surface area contributed by atoms with E-state index < -0.39 is 0 Å². The number of aryl methyl sites for hydroxylation is 1. The summed E-state index contributed by atoms with van der Waals surface area (Å²) < 4.78 is 2.63. The first kappa shape index (κ1) is 16.5. The summed E-state index contributed by atoms with van der Waals surface area (Å²) in [4.78, 5) is 11.9. The van der Waals surface area contributed by atoms with Gasteiger partial charge in [0, 0.05) is 13.1 Å². The van der Waals surface area contributed by atoms with Crippen LogP contribution in [0.25, 0.3) is 6.08 Å². The van der Waals surface area contributed by atoms with Crippen LogP contribution in [0.5, 0.6) is 0 Å². The zero-order valence-electron chi connectivity index (χ0n) is 13.0. The maximum atomic E-state index is 11.9. The molecule has 2 aromatic rings. The van der Waals surface area contributed by atoms with Crippen LogP contribution in [-0.2, 0) is 18.4 Å². The van der Waals surface area contributed by atoms with E-state index in [-0.39, 0.29) is 5.91 Å². The number of hydrogen-bond acceptors (Lipinski definition) is 2. The van der Waals surface area contributed by atoms with Crippen LogP contribution >= 0.6 is 15.9 Å². The van der Waals surface area contributed by atoms with Crippen LogP contribution in [0.2, 0.25) is 0 Å². The molecule has 1 amide bonds. The van der Waals surface area contributed by atoms with Gasteiger partial charge < -0.3 is 5.32 Å². The number of aromatic nitrogens is 2. The Labute approximate surface area is 139 Å². The maximum Gasteiger partial charge on any atom is 0.244 e. The lowest BCUT2D eigenvalue weighted by Gasteiger charge is -2.05. The molecule has 0 unspecified atom stereocenters. The SMILES string of the molecule is CC(C)c1ccc(/C=C/C(=O)NCc2c(Br)cnn2C)cc1. The van der Waals surface area contributed by atoms with Crippen molar-refractivity contribution in [2.75, 3.05) is 0 Å². The van der Waals surface area contributed by atoms with Gasteiger partial charge in [-0.1, -0.05) is 38.1 Å². The van der Waals surface area contributed by atoms with Crippen molar-refractivity contribution in [3.05, 3.63) is 57.8 Å². The number of carbonyl (C=O) groups is 1. The van der Waals surface area contributed by atoms with Gasteiger partial charge in [-0.2, -0.15) is 5.10 Å². The molecule has 0 aliphatic heterocycles. The van der Waals surface area contributed by atoms with Gasteiger partial charge in [0.25, 0.3) is 0 Å². The molecule has 0 atom stereocenters. The van der Waals surface area contributed by atoms with Crippen molar-refractivity contribution in [2.45, 2.75) is 26.3 Å². The van der Waals surface area contributed by atoms with Gasteiger partial charge in [-0.15, -0.1) is 0 Å². The molecule has 0 aliphatic rings. The van der Waals surface area contributed by atoms with E-state index in [0.29, 0.717) is 12.5 Å². The highest BCUT2D eigenvalue weighted by Crippen LogP contribution is 2.16. The summed E-state index contributed by atoms with van der Waals surface area (Å²) in [5.41, 5.74) is 3.24. The minimum Gasteiger partial charge on any atom is -0.347 e. The first-order valence-electron chi connectivity index (χ1n) is 7.19. The highest BCUT2D eigenvalue weighted by molar-refractivity contribution is 9.10. The molecule has 1 heterocycles. The molecule has 4 nitrogen and oxygen atoms in total. The number of nitrogens with one attached hydrogen (secondary N) is 1. The van der Waals surface area contributed by atoms with Crippen molar-refractivity contribution in [3.63, 3.8) is 0 Å². The molecule has 0 fully saturated rings. The largest absolute Gasteiger partial charge is 0.347 e. The molecule has 0 bridgehead atoms. The summed E-state index contributed by atoms with van der Waals surface area (Å²) in [5.74, 6) is 0.389. The van der Waals surface area contributed by atoms with E-state index in [2.05, 4.69) is 52.3 Å². The predicted octanol–water partition coefficient (Wildman–Crippen LogP) is 3.64. The number of carbonyl (C=O) groups excluding carboxylic acids is 1. The lowest BCUT2D eigenvalue weighted by atomic mass is 10.0. The second-order valence-electron chi connectivity index (χ2n) is 5.44. The van der Waals surface area contributed by atoms with E-state index in [9.17, 15) is 4.79 Å². The highest BCUT2D eigenvalue weighted by atomic mass is 79.9. The van der Waals surface area contributed by atoms with E-state index in [0.717, 1.165) is 15.7 Å². The van der Waals surface area contributed by atoms with E-state index >= 15 is 0 Å². The minimum absolute atomic E-state index is 0.124. The van der Waals surface area contributed by atoms with Crippen LogP contribution in [0, 0.1) is 0 Å². The van der Waals surface area contributed by atoms with Crippen LogP contribution in [0.15, 0.2) is 41.0 Å². The third-order valence-electron chi connectivity index (χ3n) is 3.47.